The van der Waals surface area contributed by atoms with Crippen molar-refractivity contribution < 1.29 is 9.90 Å². The van der Waals surface area contributed by atoms with E-state index in [0.29, 0.717) is 5.56 Å². The summed E-state index contributed by atoms with van der Waals surface area (Å²) in [7, 11) is 1.95. The number of carboxylic acids is 1. The number of aryl methyl sites for hydroxylation is 3. The Labute approximate surface area is 87.9 Å². The lowest BCUT2D eigenvalue weighted by Crippen LogP contribution is -1.98. The largest absolute Gasteiger partial charge is 0.478 e. The van der Waals surface area contributed by atoms with Crippen molar-refractivity contribution in [3.63, 3.8) is 0 Å². The van der Waals surface area contributed by atoms with Gasteiger partial charge in [0, 0.05) is 23.6 Å². The summed E-state index contributed by atoms with van der Waals surface area (Å²) < 4.78 is 2.01. The Kier molecular flexibility index (Phi) is 2.03. The highest BCUT2D eigenvalue weighted by atomic mass is 16.4. The lowest BCUT2D eigenvalue weighted by molar-refractivity contribution is 0.0697. The Bertz CT molecular complexity index is 552. The third-order valence-electron chi connectivity index (χ3n) is 2.86. The van der Waals surface area contributed by atoms with Crippen molar-refractivity contribution >= 4 is 16.9 Å². The number of carboxylic acid groups (broad SMARTS) is 1. The summed E-state index contributed by atoms with van der Waals surface area (Å²) in [5, 5.41) is 10.1. The Morgan fingerprint density at radius 3 is 2.53 bits per heavy atom. The fraction of sp³-hybridized carbons (Fsp3) is 0.250. The number of aromatic nitrogens is 1. The van der Waals surface area contributed by atoms with Gasteiger partial charge in [0.25, 0.3) is 0 Å². The number of rotatable bonds is 1. The Hall–Kier alpha value is -1.77. The van der Waals surface area contributed by atoms with Gasteiger partial charge >= 0.3 is 5.97 Å². The van der Waals surface area contributed by atoms with Crippen LogP contribution in [0.4, 0.5) is 0 Å². The summed E-state index contributed by atoms with van der Waals surface area (Å²) in [4.78, 5) is 10.9. The second-order valence-electron chi connectivity index (χ2n) is 3.88. The molecule has 2 rings (SSSR count). The molecule has 0 aliphatic heterocycles. The van der Waals surface area contributed by atoms with Crippen LogP contribution in [-0.2, 0) is 7.05 Å². The van der Waals surface area contributed by atoms with E-state index in [1.54, 1.807) is 12.1 Å². The van der Waals surface area contributed by atoms with Crippen molar-refractivity contribution in [1.29, 1.82) is 0 Å². The number of fused-ring (bicyclic) bond motifs is 1. The summed E-state index contributed by atoms with van der Waals surface area (Å²) in [5.41, 5.74) is 3.47. The summed E-state index contributed by atoms with van der Waals surface area (Å²) in [5.74, 6) is -0.876. The predicted octanol–water partition coefficient (Wildman–Crippen LogP) is 2.49. The summed E-state index contributed by atoms with van der Waals surface area (Å²) >= 11 is 0. The second-order valence-corrected chi connectivity index (χ2v) is 3.88. The Morgan fingerprint density at radius 1 is 1.27 bits per heavy atom. The van der Waals surface area contributed by atoms with Crippen LogP contribution in [0.15, 0.2) is 18.2 Å². The highest BCUT2D eigenvalue weighted by Gasteiger charge is 2.10. The van der Waals surface area contributed by atoms with E-state index in [1.165, 1.54) is 0 Å². The molecule has 3 nitrogen and oxygen atoms in total. The van der Waals surface area contributed by atoms with Gasteiger partial charge in [-0.25, -0.2) is 4.79 Å². The maximum Gasteiger partial charge on any atom is 0.335 e. The zero-order valence-corrected chi connectivity index (χ0v) is 9.03. The number of hydrogen-bond acceptors (Lipinski definition) is 1. The third kappa shape index (κ3) is 1.40. The standard InChI is InChI=1S/C12H13NO2/c1-7-4-9(12(14)15)6-11-10(7)5-8(2)13(11)3/h4-6H,1-3H3,(H,14,15). The molecule has 0 saturated heterocycles. The van der Waals surface area contributed by atoms with Gasteiger partial charge in [0.15, 0.2) is 0 Å². The van der Waals surface area contributed by atoms with Gasteiger partial charge < -0.3 is 9.67 Å². The molecule has 3 heteroatoms. The van der Waals surface area contributed by atoms with E-state index >= 15 is 0 Å². The maximum atomic E-state index is 10.9. The van der Waals surface area contributed by atoms with Crippen LogP contribution in [0.3, 0.4) is 0 Å². The van der Waals surface area contributed by atoms with Crippen molar-refractivity contribution in [2.45, 2.75) is 13.8 Å². The van der Waals surface area contributed by atoms with E-state index in [-0.39, 0.29) is 0 Å². The van der Waals surface area contributed by atoms with Gasteiger partial charge in [0.05, 0.1) is 5.56 Å². The quantitative estimate of drug-likeness (QED) is 0.773. The first kappa shape index (κ1) is 9.77. The predicted molar refractivity (Wildman–Crippen MR) is 59.4 cm³/mol. The van der Waals surface area contributed by atoms with Crippen LogP contribution >= 0.6 is 0 Å². The van der Waals surface area contributed by atoms with E-state index < -0.39 is 5.97 Å². The molecular formula is C12H13NO2. The maximum absolute atomic E-state index is 10.9. The summed E-state index contributed by atoms with van der Waals surface area (Å²) in [6.07, 6.45) is 0. The van der Waals surface area contributed by atoms with Crippen LogP contribution in [0.1, 0.15) is 21.6 Å². The molecule has 0 aliphatic rings. The molecular weight excluding hydrogens is 190 g/mol. The van der Waals surface area contributed by atoms with Gasteiger partial charge in [0.1, 0.15) is 0 Å². The van der Waals surface area contributed by atoms with Crippen molar-refractivity contribution in [2.24, 2.45) is 7.05 Å². The minimum absolute atomic E-state index is 0.348. The van der Waals surface area contributed by atoms with Crippen molar-refractivity contribution in [2.75, 3.05) is 0 Å². The molecule has 0 unspecified atom stereocenters. The molecule has 0 bridgehead atoms. The number of nitrogens with zero attached hydrogens (tertiary/aromatic N) is 1. The minimum atomic E-state index is -0.876. The molecule has 0 radical (unpaired) electrons. The van der Waals surface area contributed by atoms with Gasteiger partial charge in [-0.3, -0.25) is 0 Å². The van der Waals surface area contributed by atoms with Crippen LogP contribution < -0.4 is 0 Å². The summed E-state index contributed by atoms with van der Waals surface area (Å²) in [6.45, 7) is 3.95. The first-order valence-corrected chi connectivity index (χ1v) is 4.80. The van der Waals surface area contributed by atoms with Gasteiger partial charge in [-0.15, -0.1) is 0 Å². The highest BCUT2D eigenvalue weighted by Crippen LogP contribution is 2.23. The number of aromatic carboxylic acids is 1. The van der Waals surface area contributed by atoms with Crippen molar-refractivity contribution in [3.05, 3.63) is 35.0 Å². The highest BCUT2D eigenvalue weighted by molar-refractivity contribution is 5.95. The van der Waals surface area contributed by atoms with Crippen molar-refractivity contribution in [3.8, 4) is 0 Å². The molecule has 0 amide bonds. The third-order valence-corrected chi connectivity index (χ3v) is 2.86. The first-order chi connectivity index (χ1) is 7.00. The van der Waals surface area contributed by atoms with Gasteiger partial charge in [-0.2, -0.15) is 0 Å². The molecule has 0 atom stereocenters. The molecule has 1 heterocycles. The smallest absolute Gasteiger partial charge is 0.335 e. The average Bonchev–Trinajstić information content (AvgIpc) is 2.45. The number of hydrogen-bond donors (Lipinski definition) is 1. The normalized spacial score (nSPS) is 10.9. The van der Waals surface area contributed by atoms with E-state index in [1.807, 2.05) is 25.5 Å². The Morgan fingerprint density at radius 2 is 1.93 bits per heavy atom. The fourth-order valence-electron chi connectivity index (χ4n) is 1.86. The monoisotopic (exact) mass is 203 g/mol. The molecule has 1 aromatic heterocycles. The number of carbonyl (C=O) groups is 1. The topological polar surface area (TPSA) is 42.2 Å². The lowest BCUT2D eigenvalue weighted by atomic mass is 10.1. The lowest BCUT2D eigenvalue weighted by Gasteiger charge is -2.02. The van der Waals surface area contributed by atoms with E-state index in [9.17, 15) is 4.79 Å². The van der Waals surface area contributed by atoms with Crippen LogP contribution in [0, 0.1) is 13.8 Å². The molecule has 2 aromatic rings. The molecule has 0 saturated carbocycles. The molecule has 78 valence electrons. The van der Waals surface area contributed by atoms with E-state index in [2.05, 4.69) is 6.07 Å². The van der Waals surface area contributed by atoms with Gasteiger partial charge in [-0.05, 0) is 37.6 Å². The molecule has 0 fully saturated rings. The SMILES string of the molecule is Cc1cc(C(=O)O)cc2c1cc(C)n2C. The molecule has 0 aliphatic carbocycles. The van der Waals surface area contributed by atoms with Crippen LogP contribution in [-0.4, -0.2) is 15.6 Å². The fourth-order valence-corrected chi connectivity index (χ4v) is 1.86. The zero-order valence-electron chi connectivity index (χ0n) is 9.03. The summed E-state index contributed by atoms with van der Waals surface area (Å²) in [6, 6.07) is 5.51. The van der Waals surface area contributed by atoms with Crippen LogP contribution in [0.2, 0.25) is 0 Å². The molecule has 0 spiro atoms. The van der Waals surface area contributed by atoms with Crippen LogP contribution in [0.5, 0.6) is 0 Å². The second kappa shape index (κ2) is 3.12. The van der Waals surface area contributed by atoms with E-state index in [0.717, 1.165) is 22.2 Å². The zero-order chi connectivity index (χ0) is 11.2. The molecule has 1 N–H and O–H groups in total. The average molecular weight is 203 g/mol. The molecule has 1 aromatic carbocycles. The van der Waals surface area contributed by atoms with Gasteiger partial charge in [0.2, 0.25) is 0 Å². The van der Waals surface area contributed by atoms with E-state index in [4.69, 9.17) is 5.11 Å². The minimum Gasteiger partial charge on any atom is -0.478 e. The Balaban J connectivity index is 2.85. The number of benzene rings is 1. The van der Waals surface area contributed by atoms with Gasteiger partial charge in [-0.1, -0.05) is 0 Å². The first-order valence-electron chi connectivity index (χ1n) is 4.80. The van der Waals surface area contributed by atoms with Crippen molar-refractivity contribution in [1.82, 2.24) is 4.57 Å². The van der Waals surface area contributed by atoms with Crippen LogP contribution in [0.25, 0.3) is 10.9 Å². The molecule has 15 heavy (non-hydrogen) atoms.